The quantitative estimate of drug-likeness (QED) is 0.449. The van der Waals surface area contributed by atoms with Gasteiger partial charge in [-0.2, -0.15) is 5.10 Å². The molecular weight excluding hydrogens is 400 g/mol. The number of rotatable bonds is 9. The van der Waals surface area contributed by atoms with Gasteiger partial charge in [0.25, 0.3) is 5.56 Å². The Morgan fingerprint density at radius 1 is 1.03 bits per heavy atom. The molecule has 0 bridgehead atoms. The molecule has 1 fully saturated rings. The molecule has 0 radical (unpaired) electrons. The van der Waals surface area contributed by atoms with Crippen molar-refractivity contribution in [2.24, 2.45) is 0 Å². The van der Waals surface area contributed by atoms with Gasteiger partial charge >= 0.3 is 0 Å². The van der Waals surface area contributed by atoms with Gasteiger partial charge in [-0.1, -0.05) is 36.8 Å². The van der Waals surface area contributed by atoms with Crippen LogP contribution in [-0.2, 0) is 4.74 Å². The maximum absolute atomic E-state index is 12.0. The lowest BCUT2D eigenvalue weighted by atomic mass is 10.0. The minimum Gasteiger partial charge on any atom is -0.385 e. The van der Waals surface area contributed by atoms with E-state index in [4.69, 9.17) is 4.74 Å². The van der Waals surface area contributed by atoms with E-state index in [9.17, 15) is 4.79 Å². The van der Waals surface area contributed by atoms with Crippen LogP contribution >= 0.6 is 12.4 Å². The lowest BCUT2D eigenvalue weighted by molar-refractivity contribution is 0.190. The van der Waals surface area contributed by atoms with E-state index < -0.39 is 0 Å². The average molecular weight is 429 g/mol. The van der Waals surface area contributed by atoms with Crippen molar-refractivity contribution in [1.29, 1.82) is 0 Å². The smallest absolute Gasteiger partial charge is 0.272 e. The molecule has 3 N–H and O–H groups in total. The van der Waals surface area contributed by atoms with Crippen LogP contribution in [0.5, 0.6) is 0 Å². The summed E-state index contributed by atoms with van der Waals surface area (Å²) in [7, 11) is 0. The molecule has 160 valence electrons. The number of hydrogen-bond acceptors (Lipinski definition) is 5. The highest BCUT2D eigenvalue weighted by atomic mass is 35.5. The lowest BCUT2D eigenvalue weighted by Crippen LogP contribution is -2.29. The summed E-state index contributed by atoms with van der Waals surface area (Å²) in [4.78, 5) is 12.0. The molecule has 1 aliphatic rings. The van der Waals surface area contributed by atoms with Crippen LogP contribution in [0.1, 0.15) is 25.7 Å². The Kier molecular flexibility index (Phi) is 8.25. The monoisotopic (exact) mass is 428 g/mol. The molecule has 0 amide bonds. The predicted octanol–water partition coefficient (Wildman–Crippen LogP) is 3.97. The first-order chi connectivity index (χ1) is 14.3. The van der Waals surface area contributed by atoms with Gasteiger partial charge in [0.2, 0.25) is 0 Å². The zero-order valence-corrected chi connectivity index (χ0v) is 17.8. The van der Waals surface area contributed by atoms with Crippen LogP contribution in [0.15, 0.2) is 53.3 Å². The summed E-state index contributed by atoms with van der Waals surface area (Å²) < 4.78 is 5.38. The maximum atomic E-state index is 12.0. The Labute approximate surface area is 182 Å². The molecule has 2 heterocycles. The molecule has 6 nitrogen and oxygen atoms in total. The summed E-state index contributed by atoms with van der Waals surface area (Å²) in [5, 5.41) is 15.5. The van der Waals surface area contributed by atoms with Crippen LogP contribution in [0.4, 0.5) is 5.69 Å². The average Bonchev–Trinajstić information content (AvgIpc) is 3.27. The first-order valence-corrected chi connectivity index (χ1v) is 10.4. The van der Waals surface area contributed by atoms with Gasteiger partial charge in [-0.05, 0) is 44.0 Å². The van der Waals surface area contributed by atoms with Gasteiger partial charge in [-0.3, -0.25) is 4.79 Å². The van der Waals surface area contributed by atoms with Crippen molar-refractivity contribution in [3.63, 3.8) is 0 Å². The van der Waals surface area contributed by atoms with Crippen molar-refractivity contribution in [2.75, 3.05) is 31.6 Å². The van der Waals surface area contributed by atoms with E-state index in [1.807, 2.05) is 36.4 Å². The number of nitrogens with zero attached hydrogens (tertiary/aromatic N) is 1. The number of hydrogen-bond donors (Lipinski definition) is 3. The van der Waals surface area contributed by atoms with Crippen LogP contribution in [0.25, 0.3) is 22.0 Å². The largest absolute Gasteiger partial charge is 0.385 e. The second-order valence-electron chi connectivity index (χ2n) is 7.53. The number of unbranched alkanes of at least 4 members (excludes halogenated alkanes) is 2. The Balaban J connectivity index is 0.00000256. The fourth-order valence-electron chi connectivity index (χ4n) is 3.77. The molecule has 30 heavy (non-hydrogen) atoms. The van der Waals surface area contributed by atoms with Crippen molar-refractivity contribution in [3.8, 4) is 11.3 Å². The number of halogens is 1. The zero-order valence-electron chi connectivity index (χ0n) is 17.0. The summed E-state index contributed by atoms with van der Waals surface area (Å²) in [5.74, 6) is 0. The van der Waals surface area contributed by atoms with E-state index in [1.165, 1.54) is 12.8 Å². The first-order valence-electron chi connectivity index (χ1n) is 10.4. The number of aromatic amines is 1. The number of anilines is 1. The molecule has 7 heteroatoms. The third-order valence-corrected chi connectivity index (χ3v) is 5.38. The van der Waals surface area contributed by atoms with Gasteiger partial charge in [0, 0.05) is 35.8 Å². The Morgan fingerprint density at radius 2 is 1.87 bits per heavy atom. The minimum atomic E-state index is -0.159. The molecule has 0 spiro atoms. The van der Waals surface area contributed by atoms with Crippen molar-refractivity contribution in [3.05, 3.63) is 58.9 Å². The van der Waals surface area contributed by atoms with Crippen molar-refractivity contribution in [2.45, 2.75) is 31.7 Å². The highest BCUT2D eigenvalue weighted by Gasteiger charge is 2.13. The van der Waals surface area contributed by atoms with E-state index in [0.717, 1.165) is 61.5 Å². The molecule has 0 saturated carbocycles. The fraction of sp³-hybridized carbons (Fsp3) is 0.391. The molecule has 0 aliphatic carbocycles. The van der Waals surface area contributed by atoms with Gasteiger partial charge in [0.15, 0.2) is 0 Å². The zero-order chi connectivity index (χ0) is 19.9. The molecule has 0 unspecified atom stereocenters. The number of ether oxygens (including phenoxy) is 1. The second kappa shape index (κ2) is 11.1. The number of benzene rings is 2. The van der Waals surface area contributed by atoms with Crippen LogP contribution in [-0.4, -0.2) is 42.5 Å². The number of nitrogens with one attached hydrogen (secondary N) is 3. The SMILES string of the molecule is Cl.O=c1[nH]nc(-c2cccc(NCCCCCN[C@H]3CCOC3)c2)c2ccccc12. The van der Waals surface area contributed by atoms with Crippen molar-refractivity contribution in [1.82, 2.24) is 15.5 Å². The fourth-order valence-corrected chi connectivity index (χ4v) is 3.77. The minimum absolute atomic E-state index is 0. The molecule has 4 rings (SSSR count). The van der Waals surface area contributed by atoms with Crippen LogP contribution in [0.2, 0.25) is 0 Å². The number of fused-ring (bicyclic) bond motifs is 1. The number of aromatic nitrogens is 2. The van der Waals surface area contributed by atoms with E-state index in [2.05, 4.69) is 33.0 Å². The molecule has 1 aliphatic heterocycles. The summed E-state index contributed by atoms with van der Waals surface area (Å²) in [6.45, 7) is 3.76. The molecule has 1 aromatic heterocycles. The highest BCUT2D eigenvalue weighted by Crippen LogP contribution is 2.26. The topological polar surface area (TPSA) is 79.0 Å². The highest BCUT2D eigenvalue weighted by molar-refractivity contribution is 5.94. The summed E-state index contributed by atoms with van der Waals surface area (Å²) in [5.41, 5.74) is 2.70. The van der Waals surface area contributed by atoms with Gasteiger partial charge in [0.05, 0.1) is 17.7 Å². The third kappa shape index (κ3) is 5.59. The van der Waals surface area contributed by atoms with Gasteiger partial charge in [-0.15, -0.1) is 12.4 Å². The summed E-state index contributed by atoms with van der Waals surface area (Å²) in [6.07, 6.45) is 4.65. The first kappa shape index (κ1) is 22.3. The third-order valence-electron chi connectivity index (χ3n) is 5.38. The van der Waals surface area contributed by atoms with Gasteiger partial charge in [0.1, 0.15) is 0 Å². The van der Waals surface area contributed by atoms with E-state index >= 15 is 0 Å². The molecule has 1 atom stereocenters. The molecular formula is C23H29ClN4O2. The van der Waals surface area contributed by atoms with E-state index in [1.54, 1.807) is 0 Å². The summed E-state index contributed by atoms with van der Waals surface area (Å²) >= 11 is 0. The summed E-state index contributed by atoms with van der Waals surface area (Å²) in [6, 6.07) is 16.3. The van der Waals surface area contributed by atoms with Crippen LogP contribution in [0.3, 0.4) is 0 Å². The Hall–Kier alpha value is -2.41. The van der Waals surface area contributed by atoms with Crippen LogP contribution in [0, 0.1) is 0 Å². The van der Waals surface area contributed by atoms with Crippen molar-refractivity contribution < 1.29 is 4.74 Å². The number of H-pyrrole nitrogens is 1. The standard InChI is InChI=1S/C23H28N4O2.ClH/c28-23-21-10-3-2-9-20(21)22(26-27-23)17-7-6-8-18(15-17)24-12-4-1-5-13-25-19-11-14-29-16-19;/h2-3,6-10,15,19,24-25H,1,4-5,11-14,16H2,(H,27,28);1H/t19-;/m0./s1. The van der Waals surface area contributed by atoms with E-state index in [0.29, 0.717) is 11.4 Å². The van der Waals surface area contributed by atoms with E-state index in [-0.39, 0.29) is 18.0 Å². The second-order valence-corrected chi connectivity index (χ2v) is 7.53. The molecule has 1 saturated heterocycles. The Morgan fingerprint density at radius 3 is 2.70 bits per heavy atom. The molecule has 3 aromatic rings. The lowest BCUT2D eigenvalue weighted by Gasteiger charge is -2.11. The molecule has 2 aromatic carbocycles. The van der Waals surface area contributed by atoms with Gasteiger partial charge in [-0.25, -0.2) is 5.10 Å². The van der Waals surface area contributed by atoms with Crippen LogP contribution < -0.4 is 16.2 Å². The normalized spacial score (nSPS) is 15.8. The predicted molar refractivity (Wildman–Crippen MR) is 125 cm³/mol. The Bertz CT molecular complexity index is 1000. The van der Waals surface area contributed by atoms with Gasteiger partial charge < -0.3 is 15.4 Å². The maximum Gasteiger partial charge on any atom is 0.272 e. The van der Waals surface area contributed by atoms with Crippen molar-refractivity contribution >= 4 is 28.9 Å².